The summed E-state index contributed by atoms with van der Waals surface area (Å²) < 4.78 is 0. The van der Waals surface area contributed by atoms with Crippen LogP contribution in [-0.4, -0.2) is 104 Å². The monoisotopic (exact) mass is 642 g/mol. The van der Waals surface area contributed by atoms with Crippen LogP contribution < -0.4 is 0 Å². The van der Waals surface area contributed by atoms with Gasteiger partial charge in [0, 0.05) is 50.8 Å². The third-order valence-electron chi connectivity index (χ3n) is 6.24. The zero-order valence-electron chi connectivity index (χ0n) is 24.5. The maximum Gasteiger partial charge on any atom is 0.231 e. The fraction of sp³-hybridized carbons (Fsp3) is 0.786. The number of aliphatic hydroxyl groups is 4. The van der Waals surface area contributed by atoms with Gasteiger partial charge in [-0.25, -0.2) is 0 Å². The second kappa shape index (κ2) is 28.8. The fourth-order valence-corrected chi connectivity index (χ4v) is 9.59. The highest BCUT2D eigenvalue weighted by Gasteiger charge is 2.27. The van der Waals surface area contributed by atoms with Crippen LogP contribution in [0.3, 0.4) is 0 Å². The summed E-state index contributed by atoms with van der Waals surface area (Å²) in [5, 5.41) is 38.6. The number of amides is 2. The Morgan fingerprint density at radius 1 is 0.625 bits per heavy atom. The molecule has 2 amide bonds. The number of unbranched alkanes of at least 4 members (excludes halogenated alkanes) is 9. The van der Waals surface area contributed by atoms with Gasteiger partial charge in [0.05, 0.1) is 54.7 Å². The van der Waals surface area contributed by atoms with Crippen LogP contribution in [0.4, 0.5) is 0 Å². The Hall–Kier alpha value is -0.340. The van der Waals surface area contributed by atoms with Crippen LogP contribution in [0.15, 0.2) is 24.6 Å². The van der Waals surface area contributed by atoms with Gasteiger partial charge < -0.3 is 30.2 Å². The maximum atomic E-state index is 11.3. The molecule has 0 aromatic carbocycles. The van der Waals surface area contributed by atoms with E-state index in [1.54, 1.807) is 43.8 Å². The third-order valence-corrected chi connectivity index (χ3v) is 14.8. The van der Waals surface area contributed by atoms with E-state index in [1.807, 2.05) is 24.7 Å². The lowest BCUT2D eigenvalue weighted by Gasteiger charge is -2.13. The normalized spacial score (nSPS) is 14.8. The molecule has 0 heterocycles. The van der Waals surface area contributed by atoms with Crippen LogP contribution in [0.25, 0.3) is 0 Å². The molecule has 0 saturated heterocycles. The molecule has 0 radical (unpaired) electrons. The molecule has 4 N–H and O–H groups in total. The van der Waals surface area contributed by atoms with Crippen LogP contribution in [0.1, 0.15) is 77.0 Å². The number of rotatable bonds is 29. The van der Waals surface area contributed by atoms with Crippen LogP contribution >= 0.6 is 21.6 Å². The summed E-state index contributed by atoms with van der Waals surface area (Å²) in [7, 11) is 2.59. The Bertz CT molecular complexity index is 608. The number of nitrogens with zero attached hydrogens (tertiary/aromatic N) is 2. The minimum absolute atomic E-state index is 0.0754. The first-order valence-electron chi connectivity index (χ1n) is 14.3. The molecule has 0 aromatic heterocycles. The van der Waals surface area contributed by atoms with Gasteiger partial charge >= 0.3 is 0 Å². The molecule has 4 unspecified atom stereocenters. The lowest BCUT2D eigenvalue weighted by molar-refractivity contribution is -0.116. The first-order chi connectivity index (χ1) is 19.5. The van der Waals surface area contributed by atoms with E-state index in [1.165, 1.54) is 38.5 Å². The Labute approximate surface area is 255 Å². The zero-order valence-corrected chi connectivity index (χ0v) is 27.7. The molecule has 0 fully saturated rings. The first kappa shape index (κ1) is 39.7. The van der Waals surface area contributed by atoms with Gasteiger partial charge in [-0.3, -0.25) is 9.59 Å². The Morgan fingerprint density at radius 3 is 1.23 bits per heavy atom. The Kier molecular flexibility index (Phi) is 28.5. The van der Waals surface area contributed by atoms with Crippen molar-refractivity contribution in [1.82, 2.24) is 9.80 Å². The summed E-state index contributed by atoms with van der Waals surface area (Å²) in [6.45, 7) is 1.53. The highest BCUT2D eigenvalue weighted by atomic mass is 33.1. The van der Waals surface area contributed by atoms with Gasteiger partial charge in [0.1, 0.15) is 11.5 Å². The smallest absolute Gasteiger partial charge is 0.231 e. The standard InChI is InChI=1S/C28H54N2O6S4/c1-37-39(23-21-31)27(35)15-13-19-29(25-33)17-11-9-7-5-3-4-6-8-10-12-18-30(26-34)20-14-16-28(36)40(38-2)24-22-32/h13-14,19-20,25-28,31-32,35-36H,3-12,15-18,21-24H2,1-2H3/q+2. The molecule has 0 spiro atoms. The average molecular weight is 643 g/mol. The van der Waals surface area contributed by atoms with Crippen molar-refractivity contribution in [3.05, 3.63) is 24.6 Å². The van der Waals surface area contributed by atoms with Crippen LogP contribution in [-0.2, 0) is 29.4 Å². The number of hydrogen-bond donors (Lipinski definition) is 4. The largest absolute Gasteiger partial charge is 0.391 e. The fourth-order valence-electron chi connectivity index (χ4n) is 4.01. The molecule has 8 nitrogen and oxygen atoms in total. The van der Waals surface area contributed by atoms with Gasteiger partial charge in [0.2, 0.25) is 23.7 Å². The van der Waals surface area contributed by atoms with Gasteiger partial charge in [-0.2, -0.15) is 0 Å². The van der Waals surface area contributed by atoms with Crippen molar-refractivity contribution in [2.45, 2.75) is 87.9 Å². The van der Waals surface area contributed by atoms with E-state index in [9.17, 15) is 19.8 Å². The Morgan fingerprint density at radius 2 is 0.950 bits per heavy atom. The molecule has 0 bridgehead atoms. The number of carbonyl (C=O) groups excluding carboxylic acids is 2. The van der Waals surface area contributed by atoms with E-state index in [-0.39, 0.29) is 33.1 Å². The molecule has 0 aliphatic heterocycles. The zero-order chi connectivity index (χ0) is 29.8. The van der Waals surface area contributed by atoms with Crippen LogP contribution in [0.5, 0.6) is 0 Å². The molecule has 12 heteroatoms. The maximum absolute atomic E-state index is 11.3. The summed E-state index contributed by atoms with van der Waals surface area (Å²) in [5.74, 6) is 1.18. The summed E-state index contributed by atoms with van der Waals surface area (Å²) in [6, 6.07) is 0. The summed E-state index contributed by atoms with van der Waals surface area (Å²) >= 11 is 0. The second-order valence-corrected chi connectivity index (χ2v) is 18.0. The number of aliphatic hydroxyl groups excluding tert-OH is 4. The third kappa shape index (κ3) is 21.4. The Balaban J connectivity index is 3.81. The van der Waals surface area contributed by atoms with Crippen molar-refractivity contribution >= 4 is 54.3 Å². The average Bonchev–Trinajstić information content (AvgIpc) is 2.96. The van der Waals surface area contributed by atoms with E-state index < -0.39 is 10.9 Å². The van der Waals surface area contributed by atoms with Gasteiger partial charge in [0.25, 0.3) is 0 Å². The van der Waals surface area contributed by atoms with Crippen molar-refractivity contribution in [3.8, 4) is 0 Å². The highest BCUT2D eigenvalue weighted by molar-refractivity contribution is 8.74. The molecule has 0 saturated carbocycles. The van der Waals surface area contributed by atoms with Crippen molar-refractivity contribution in [2.24, 2.45) is 0 Å². The molecule has 0 aliphatic carbocycles. The predicted octanol–water partition coefficient (Wildman–Crippen LogP) is 4.03. The van der Waals surface area contributed by atoms with Gasteiger partial charge in [-0.05, 0) is 12.8 Å². The van der Waals surface area contributed by atoms with E-state index in [0.717, 1.165) is 38.5 Å². The molecule has 0 aliphatic rings. The van der Waals surface area contributed by atoms with E-state index in [0.29, 0.717) is 37.4 Å². The number of carbonyl (C=O) groups is 2. The van der Waals surface area contributed by atoms with Gasteiger partial charge in [-0.15, -0.1) is 0 Å². The summed E-state index contributed by atoms with van der Waals surface area (Å²) in [5.41, 5.74) is -0.995. The van der Waals surface area contributed by atoms with Crippen molar-refractivity contribution in [2.75, 3.05) is 50.3 Å². The molecular weight excluding hydrogens is 589 g/mol. The minimum Gasteiger partial charge on any atom is -0.391 e. The molecule has 40 heavy (non-hydrogen) atoms. The van der Waals surface area contributed by atoms with Crippen LogP contribution in [0.2, 0.25) is 0 Å². The molecule has 234 valence electrons. The summed E-state index contributed by atoms with van der Waals surface area (Å²) in [4.78, 5) is 25.9. The quantitative estimate of drug-likeness (QED) is 0.0418. The molecule has 0 aromatic rings. The summed E-state index contributed by atoms with van der Waals surface area (Å²) in [6.07, 6.45) is 25.0. The SMILES string of the molecule is CS[S+](CCO)C(O)CC=CN(C=O)CCCCCCCCCCCCN(C=O)C=CCC(O)[S+](CCO)SC. The predicted molar refractivity (Wildman–Crippen MR) is 177 cm³/mol. The lowest BCUT2D eigenvalue weighted by Crippen LogP contribution is -2.22. The van der Waals surface area contributed by atoms with E-state index in [2.05, 4.69) is 0 Å². The van der Waals surface area contributed by atoms with Crippen molar-refractivity contribution < 1.29 is 30.0 Å². The molecule has 0 rings (SSSR count). The topological polar surface area (TPSA) is 122 Å². The lowest BCUT2D eigenvalue weighted by atomic mass is 10.1. The van der Waals surface area contributed by atoms with E-state index >= 15 is 0 Å². The first-order valence-corrected chi connectivity index (χ1v) is 20.7. The van der Waals surface area contributed by atoms with Gasteiger partial charge in [-0.1, -0.05) is 63.5 Å². The number of hydrogen-bond acceptors (Lipinski definition) is 8. The van der Waals surface area contributed by atoms with Crippen molar-refractivity contribution in [1.29, 1.82) is 0 Å². The molecular formula is C28H54N2O6S4+2. The molecule has 4 atom stereocenters. The minimum atomic E-state index is -0.497. The highest BCUT2D eigenvalue weighted by Crippen LogP contribution is 2.21. The van der Waals surface area contributed by atoms with Crippen LogP contribution in [0, 0.1) is 0 Å². The van der Waals surface area contributed by atoms with Gasteiger partial charge in [0.15, 0.2) is 0 Å². The van der Waals surface area contributed by atoms with Crippen molar-refractivity contribution in [3.63, 3.8) is 0 Å². The second-order valence-electron chi connectivity index (χ2n) is 9.32. The van der Waals surface area contributed by atoms with E-state index in [4.69, 9.17) is 10.2 Å².